The third-order valence-corrected chi connectivity index (χ3v) is 5.69. The van der Waals surface area contributed by atoms with Gasteiger partial charge in [0.05, 0.1) is 17.6 Å². The van der Waals surface area contributed by atoms with Crippen LogP contribution >= 0.6 is 39.5 Å². The molecular formula is C18H20BrN3O3S2. The molecule has 0 radical (unpaired) electrons. The molecule has 0 fully saturated rings. The molecule has 2 N–H and O–H groups in total. The van der Waals surface area contributed by atoms with Crippen LogP contribution in [0.3, 0.4) is 0 Å². The molecule has 0 saturated heterocycles. The highest BCUT2D eigenvalue weighted by molar-refractivity contribution is 9.10. The number of carbonyl (C=O) groups is 2. The number of rotatable bonds is 4. The number of thiocarbonyl (C=S) groups is 1. The van der Waals surface area contributed by atoms with E-state index in [1.165, 1.54) is 23.3 Å². The molecule has 2 aromatic rings. The highest BCUT2D eigenvalue weighted by Gasteiger charge is 2.26. The molecule has 9 heteroatoms. The van der Waals surface area contributed by atoms with E-state index in [4.69, 9.17) is 17.0 Å². The quantitative estimate of drug-likeness (QED) is 0.509. The van der Waals surface area contributed by atoms with Crippen LogP contribution in [0.4, 0.5) is 10.7 Å². The average molecular weight is 470 g/mol. The number of anilines is 2. The van der Waals surface area contributed by atoms with Crippen LogP contribution in [0.5, 0.6) is 0 Å². The van der Waals surface area contributed by atoms with Crippen molar-refractivity contribution in [2.75, 3.05) is 31.8 Å². The maximum absolute atomic E-state index is 12.4. The number of halogens is 1. The number of aryl methyl sites for hydroxylation is 1. The number of amides is 1. The van der Waals surface area contributed by atoms with Gasteiger partial charge in [-0.3, -0.25) is 4.79 Å². The lowest BCUT2D eigenvalue weighted by Crippen LogP contribution is -2.21. The van der Waals surface area contributed by atoms with Crippen LogP contribution in [-0.2, 0) is 4.74 Å². The maximum atomic E-state index is 12.4. The number of nitrogens with zero attached hydrogens (tertiary/aromatic N) is 1. The standard InChI is InChI=1S/C18H20BrN3O3S2/c1-9-8-11(19)6-7-12(9)20-18(26)21-15-13(17(24)25-5)10(2)14(27-15)16(23)22(3)4/h6-8H,1-5H3,(H2,20,21,26). The van der Waals surface area contributed by atoms with Crippen LogP contribution in [0.25, 0.3) is 0 Å². The van der Waals surface area contributed by atoms with Crippen LogP contribution in [0.2, 0.25) is 0 Å². The molecule has 0 saturated carbocycles. The first-order valence-corrected chi connectivity index (χ1v) is 9.95. The molecule has 1 amide bonds. The van der Waals surface area contributed by atoms with Gasteiger partial charge in [0, 0.05) is 24.3 Å². The molecule has 1 aromatic carbocycles. The van der Waals surface area contributed by atoms with Crippen LogP contribution in [0, 0.1) is 13.8 Å². The summed E-state index contributed by atoms with van der Waals surface area (Å²) in [7, 11) is 4.63. The lowest BCUT2D eigenvalue weighted by molar-refractivity contribution is 0.0601. The molecule has 2 rings (SSSR count). The Labute approximate surface area is 176 Å². The van der Waals surface area contributed by atoms with Crippen LogP contribution in [0.1, 0.15) is 31.2 Å². The summed E-state index contributed by atoms with van der Waals surface area (Å²) in [4.78, 5) is 26.6. The van der Waals surface area contributed by atoms with E-state index in [0.717, 1.165) is 15.7 Å². The van der Waals surface area contributed by atoms with E-state index >= 15 is 0 Å². The zero-order valence-electron chi connectivity index (χ0n) is 15.6. The molecule has 1 aromatic heterocycles. The summed E-state index contributed by atoms with van der Waals surface area (Å²) in [5, 5.41) is 6.92. The van der Waals surface area contributed by atoms with E-state index in [-0.39, 0.29) is 5.91 Å². The second kappa shape index (κ2) is 8.81. The van der Waals surface area contributed by atoms with Crippen molar-refractivity contribution in [2.45, 2.75) is 13.8 Å². The number of hydrogen-bond donors (Lipinski definition) is 2. The number of nitrogens with one attached hydrogen (secondary N) is 2. The van der Waals surface area contributed by atoms with Crippen molar-refractivity contribution in [3.8, 4) is 0 Å². The normalized spacial score (nSPS) is 10.3. The minimum absolute atomic E-state index is 0.182. The monoisotopic (exact) mass is 469 g/mol. The van der Waals surface area contributed by atoms with Crippen molar-refractivity contribution in [3.05, 3.63) is 44.2 Å². The number of thiophene rings is 1. The van der Waals surface area contributed by atoms with E-state index in [1.54, 1.807) is 21.0 Å². The summed E-state index contributed by atoms with van der Waals surface area (Å²) in [5.74, 6) is -0.704. The second-order valence-corrected chi connectivity index (χ2v) is 8.33. The highest BCUT2D eigenvalue weighted by atomic mass is 79.9. The summed E-state index contributed by atoms with van der Waals surface area (Å²) in [6.07, 6.45) is 0. The molecule has 0 atom stereocenters. The van der Waals surface area contributed by atoms with E-state index < -0.39 is 5.97 Å². The van der Waals surface area contributed by atoms with E-state index in [0.29, 0.717) is 26.1 Å². The van der Waals surface area contributed by atoms with Gasteiger partial charge in [-0.1, -0.05) is 15.9 Å². The zero-order chi connectivity index (χ0) is 20.3. The van der Waals surface area contributed by atoms with Crippen molar-refractivity contribution < 1.29 is 14.3 Å². The molecular weight excluding hydrogens is 450 g/mol. The van der Waals surface area contributed by atoms with Gasteiger partial charge in [-0.2, -0.15) is 0 Å². The maximum Gasteiger partial charge on any atom is 0.341 e. The SMILES string of the molecule is COC(=O)c1c(NC(=S)Nc2ccc(Br)cc2C)sc(C(=O)N(C)C)c1C. The number of methoxy groups -OCH3 is 1. The predicted octanol–water partition coefficient (Wildman–Crippen LogP) is 4.42. The minimum Gasteiger partial charge on any atom is -0.465 e. The molecule has 27 heavy (non-hydrogen) atoms. The Morgan fingerprint density at radius 2 is 1.89 bits per heavy atom. The van der Waals surface area contributed by atoms with Gasteiger partial charge in [0.2, 0.25) is 0 Å². The molecule has 144 valence electrons. The van der Waals surface area contributed by atoms with Gasteiger partial charge < -0.3 is 20.3 Å². The predicted molar refractivity (Wildman–Crippen MR) is 117 cm³/mol. The van der Waals surface area contributed by atoms with Crippen molar-refractivity contribution in [2.24, 2.45) is 0 Å². The van der Waals surface area contributed by atoms with Gasteiger partial charge in [0.15, 0.2) is 5.11 Å². The van der Waals surface area contributed by atoms with Gasteiger partial charge in [0.25, 0.3) is 5.91 Å². The summed E-state index contributed by atoms with van der Waals surface area (Å²) >= 11 is 9.99. The molecule has 0 aliphatic carbocycles. The second-order valence-electron chi connectivity index (χ2n) is 5.99. The summed E-state index contributed by atoms with van der Waals surface area (Å²) in [5.41, 5.74) is 2.72. The van der Waals surface area contributed by atoms with Crippen LogP contribution in [-0.4, -0.2) is 43.1 Å². The van der Waals surface area contributed by atoms with Crippen molar-refractivity contribution in [3.63, 3.8) is 0 Å². The van der Waals surface area contributed by atoms with Gasteiger partial charge in [-0.05, 0) is 55.4 Å². The topological polar surface area (TPSA) is 70.7 Å². The number of esters is 1. The minimum atomic E-state index is -0.522. The average Bonchev–Trinajstić information content (AvgIpc) is 2.91. The molecule has 0 unspecified atom stereocenters. The molecule has 0 aliphatic rings. The summed E-state index contributed by atoms with van der Waals surface area (Å²) in [6, 6.07) is 5.77. The smallest absolute Gasteiger partial charge is 0.341 e. The zero-order valence-corrected chi connectivity index (χ0v) is 18.8. The van der Waals surface area contributed by atoms with Gasteiger partial charge in [-0.15, -0.1) is 11.3 Å². The Morgan fingerprint density at radius 1 is 1.22 bits per heavy atom. The summed E-state index contributed by atoms with van der Waals surface area (Å²) in [6.45, 7) is 3.68. The van der Waals surface area contributed by atoms with E-state index in [1.807, 2.05) is 25.1 Å². The van der Waals surface area contributed by atoms with Gasteiger partial charge >= 0.3 is 5.97 Å². The molecule has 0 spiro atoms. The fraction of sp³-hybridized carbons (Fsp3) is 0.278. The highest BCUT2D eigenvalue weighted by Crippen LogP contribution is 2.34. The molecule has 0 aliphatic heterocycles. The van der Waals surface area contributed by atoms with Crippen molar-refractivity contribution in [1.29, 1.82) is 0 Å². The van der Waals surface area contributed by atoms with Crippen LogP contribution < -0.4 is 10.6 Å². The number of carbonyl (C=O) groups excluding carboxylic acids is 2. The lowest BCUT2D eigenvalue weighted by Gasteiger charge is -2.12. The Balaban J connectivity index is 2.33. The van der Waals surface area contributed by atoms with Gasteiger partial charge in [0.1, 0.15) is 5.00 Å². The molecule has 6 nitrogen and oxygen atoms in total. The largest absolute Gasteiger partial charge is 0.465 e. The Kier molecular flexibility index (Phi) is 6.96. The fourth-order valence-electron chi connectivity index (χ4n) is 2.38. The summed E-state index contributed by atoms with van der Waals surface area (Å²) < 4.78 is 5.85. The van der Waals surface area contributed by atoms with E-state index in [2.05, 4.69) is 26.6 Å². The van der Waals surface area contributed by atoms with Crippen molar-refractivity contribution in [1.82, 2.24) is 4.90 Å². The number of hydrogen-bond acceptors (Lipinski definition) is 5. The Hall–Kier alpha value is -1.97. The first kappa shape index (κ1) is 21.3. The van der Waals surface area contributed by atoms with Crippen LogP contribution in [0.15, 0.2) is 22.7 Å². The van der Waals surface area contributed by atoms with E-state index in [9.17, 15) is 9.59 Å². The first-order chi connectivity index (χ1) is 12.6. The van der Waals surface area contributed by atoms with Crippen molar-refractivity contribution >= 4 is 67.2 Å². The Bertz CT molecular complexity index is 909. The molecule has 0 bridgehead atoms. The lowest BCUT2D eigenvalue weighted by atomic mass is 10.1. The fourth-order valence-corrected chi connectivity index (χ4v) is 4.35. The third-order valence-electron chi connectivity index (χ3n) is 3.80. The number of ether oxygens (including phenoxy) is 1. The van der Waals surface area contributed by atoms with Gasteiger partial charge in [-0.25, -0.2) is 4.79 Å². The first-order valence-electron chi connectivity index (χ1n) is 7.93. The number of benzene rings is 1. The Morgan fingerprint density at radius 3 is 2.44 bits per heavy atom. The molecule has 1 heterocycles. The third kappa shape index (κ3) is 4.85.